The molecule has 3 rings (SSSR count). The number of rotatable bonds is 10. The molecular formula is C20H27FN2O6S. The molecule has 166 valence electrons. The molecule has 30 heavy (non-hydrogen) atoms. The van der Waals surface area contributed by atoms with Gasteiger partial charge in [0.15, 0.2) is 0 Å². The summed E-state index contributed by atoms with van der Waals surface area (Å²) in [5.74, 6) is -1.46. The Bertz CT molecular complexity index is 893. The monoisotopic (exact) mass is 442 g/mol. The Morgan fingerprint density at radius 3 is 2.27 bits per heavy atom. The Kier molecular flexibility index (Phi) is 7.22. The second-order valence-electron chi connectivity index (χ2n) is 7.49. The van der Waals surface area contributed by atoms with Crippen LogP contribution in [0.4, 0.5) is 10.1 Å². The number of benzene rings is 1. The molecule has 0 aliphatic carbocycles. The molecule has 1 aromatic rings. The number of anilines is 1. The molecule has 0 unspecified atom stereocenters. The second kappa shape index (κ2) is 9.51. The summed E-state index contributed by atoms with van der Waals surface area (Å²) in [5, 5.41) is 0. The number of hydrogen-bond donors (Lipinski definition) is 0. The summed E-state index contributed by atoms with van der Waals surface area (Å²) in [4.78, 5) is 26.0. The highest BCUT2D eigenvalue weighted by Gasteiger charge is 2.43. The van der Waals surface area contributed by atoms with Gasteiger partial charge in [0.1, 0.15) is 0 Å². The van der Waals surface area contributed by atoms with Gasteiger partial charge >= 0.3 is 0 Å². The number of unbranched alkanes of at least 4 members (excludes halogenated alkanes) is 1. The van der Waals surface area contributed by atoms with Gasteiger partial charge in [-0.3, -0.25) is 14.0 Å². The van der Waals surface area contributed by atoms with Crippen LogP contribution in [0.5, 0.6) is 0 Å². The van der Waals surface area contributed by atoms with Crippen molar-refractivity contribution in [3.05, 3.63) is 23.8 Å². The maximum atomic E-state index is 13.4. The smallest absolute Gasteiger partial charge is 0.299 e. The first-order valence-corrected chi connectivity index (χ1v) is 11.4. The molecule has 2 atom stereocenters. The third-order valence-corrected chi connectivity index (χ3v) is 7.56. The van der Waals surface area contributed by atoms with E-state index in [0.717, 1.165) is 0 Å². The molecule has 0 aromatic heterocycles. The summed E-state index contributed by atoms with van der Waals surface area (Å²) in [5.41, 5.74) is 0.429. The van der Waals surface area contributed by atoms with E-state index < -0.39 is 28.4 Å². The van der Waals surface area contributed by atoms with Gasteiger partial charge in [-0.15, -0.1) is 0 Å². The third kappa shape index (κ3) is 4.14. The van der Waals surface area contributed by atoms with Crippen molar-refractivity contribution in [1.29, 1.82) is 0 Å². The Balaban J connectivity index is 1.94. The number of halogens is 1. The Morgan fingerprint density at radius 1 is 1.07 bits per heavy atom. The number of carbonyl (C=O) groups is 2. The van der Waals surface area contributed by atoms with Gasteiger partial charge in [0.2, 0.25) is 10.0 Å². The number of fused-ring (bicyclic) bond motifs is 1. The van der Waals surface area contributed by atoms with Crippen LogP contribution in [0.15, 0.2) is 23.1 Å². The van der Waals surface area contributed by atoms with Crippen molar-refractivity contribution in [3.8, 4) is 0 Å². The van der Waals surface area contributed by atoms with E-state index in [1.807, 2.05) is 0 Å². The van der Waals surface area contributed by atoms with Crippen LogP contribution in [-0.4, -0.2) is 77.1 Å². The number of hydrogen-bond acceptors (Lipinski definition) is 6. The average molecular weight is 443 g/mol. The van der Waals surface area contributed by atoms with E-state index >= 15 is 0 Å². The van der Waals surface area contributed by atoms with Crippen LogP contribution < -0.4 is 4.90 Å². The topological polar surface area (TPSA) is 93.2 Å². The Morgan fingerprint density at radius 2 is 1.70 bits per heavy atom. The van der Waals surface area contributed by atoms with E-state index in [-0.39, 0.29) is 48.7 Å². The average Bonchev–Trinajstić information content (AvgIpc) is 3.23. The predicted octanol–water partition coefficient (Wildman–Crippen LogP) is 1.78. The lowest BCUT2D eigenvalue weighted by molar-refractivity contribution is -0.114. The molecule has 0 spiro atoms. The van der Waals surface area contributed by atoms with Crippen molar-refractivity contribution >= 4 is 27.4 Å². The van der Waals surface area contributed by atoms with Crippen molar-refractivity contribution in [2.75, 3.05) is 45.6 Å². The SMILES string of the molecule is COC[C@H]1CC[C@@H](COC)N1S(=O)(=O)c1ccc2c(c1)C(=O)C(=O)N2CCCCF. The van der Waals surface area contributed by atoms with Crippen LogP contribution in [-0.2, 0) is 24.3 Å². The fourth-order valence-electron chi connectivity index (χ4n) is 4.18. The number of ketones is 1. The molecular weight excluding hydrogens is 415 g/mol. The zero-order chi connectivity index (χ0) is 21.9. The maximum Gasteiger partial charge on any atom is 0.299 e. The normalized spacial score (nSPS) is 22.2. The van der Waals surface area contributed by atoms with Crippen LogP contribution >= 0.6 is 0 Å². The molecule has 0 N–H and O–H groups in total. The molecule has 1 saturated heterocycles. The Hall–Kier alpha value is -1.88. The highest BCUT2D eigenvalue weighted by molar-refractivity contribution is 7.89. The van der Waals surface area contributed by atoms with E-state index in [2.05, 4.69) is 0 Å². The van der Waals surface area contributed by atoms with Crippen molar-refractivity contribution in [1.82, 2.24) is 4.31 Å². The van der Waals surface area contributed by atoms with Crippen molar-refractivity contribution in [3.63, 3.8) is 0 Å². The van der Waals surface area contributed by atoms with Gasteiger partial charge < -0.3 is 14.4 Å². The van der Waals surface area contributed by atoms with Gasteiger partial charge in [-0.05, 0) is 43.9 Å². The van der Waals surface area contributed by atoms with E-state index in [1.54, 1.807) is 0 Å². The largest absolute Gasteiger partial charge is 0.383 e. The predicted molar refractivity (Wildman–Crippen MR) is 108 cm³/mol. The summed E-state index contributed by atoms with van der Waals surface area (Å²) in [6.07, 6.45) is 1.99. The summed E-state index contributed by atoms with van der Waals surface area (Å²) >= 11 is 0. The lowest BCUT2D eigenvalue weighted by Gasteiger charge is -2.29. The minimum atomic E-state index is -3.94. The first-order chi connectivity index (χ1) is 14.4. The highest BCUT2D eigenvalue weighted by atomic mass is 32.2. The summed E-state index contributed by atoms with van der Waals surface area (Å²) < 4.78 is 51.1. The maximum absolute atomic E-state index is 13.4. The van der Waals surface area contributed by atoms with Crippen molar-refractivity contribution < 1.29 is 31.9 Å². The fraction of sp³-hybridized carbons (Fsp3) is 0.600. The van der Waals surface area contributed by atoms with Crippen molar-refractivity contribution in [2.24, 2.45) is 0 Å². The third-order valence-electron chi connectivity index (χ3n) is 5.55. The molecule has 0 bridgehead atoms. The quantitative estimate of drug-likeness (QED) is 0.405. The van der Waals surface area contributed by atoms with E-state index in [4.69, 9.17) is 9.47 Å². The molecule has 0 radical (unpaired) electrons. The lowest BCUT2D eigenvalue weighted by atomic mass is 10.1. The van der Waals surface area contributed by atoms with Gasteiger partial charge in [-0.2, -0.15) is 4.31 Å². The molecule has 2 heterocycles. The number of amides is 1. The first kappa shape index (κ1) is 22.8. The van der Waals surface area contributed by atoms with Gasteiger partial charge in [-0.1, -0.05) is 0 Å². The highest BCUT2D eigenvalue weighted by Crippen LogP contribution is 2.35. The van der Waals surface area contributed by atoms with Crippen molar-refractivity contribution in [2.45, 2.75) is 42.7 Å². The number of ether oxygens (including phenoxy) is 2. The molecule has 8 nitrogen and oxygen atoms in total. The molecule has 2 aliphatic heterocycles. The molecule has 1 aromatic carbocycles. The summed E-state index contributed by atoms with van der Waals surface area (Å²) in [7, 11) is -0.902. The van der Waals surface area contributed by atoms with E-state index in [9.17, 15) is 22.4 Å². The van der Waals surface area contributed by atoms with Gasteiger partial charge in [0.05, 0.1) is 36.0 Å². The molecule has 2 aliphatic rings. The second-order valence-corrected chi connectivity index (χ2v) is 9.33. The number of Topliss-reactive ketones (excluding diaryl/α,β-unsaturated/α-hetero) is 1. The van der Waals surface area contributed by atoms with Crippen LogP contribution in [0.1, 0.15) is 36.0 Å². The summed E-state index contributed by atoms with van der Waals surface area (Å²) in [6.45, 7) is 0.223. The summed E-state index contributed by atoms with van der Waals surface area (Å²) in [6, 6.07) is 3.50. The van der Waals surface area contributed by atoms with Gasteiger partial charge in [0.25, 0.3) is 11.7 Å². The number of sulfonamides is 1. The van der Waals surface area contributed by atoms with Crippen LogP contribution in [0.3, 0.4) is 0 Å². The standard InChI is InChI=1S/C20H27FN2O6S/c1-28-12-14-5-6-15(13-29-2)23(14)30(26,27)16-7-8-18-17(11-16)19(24)20(25)22(18)10-4-3-9-21/h7-8,11,14-15H,3-6,9-10,12-13H2,1-2H3/t14-,15+. The van der Waals surface area contributed by atoms with E-state index in [1.165, 1.54) is 41.6 Å². The zero-order valence-electron chi connectivity index (χ0n) is 17.2. The number of alkyl halides is 1. The Labute approximate surface area is 176 Å². The van der Waals surface area contributed by atoms with Gasteiger partial charge in [0, 0.05) is 32.8 Å². The van der Waals surface area contributed by atoms with Crippen LogP contribution in [0.25, 0.3) is 0 Å². The molecule has 1 amide bonds. The number of nitrogens with zero attached hydrogens (tertiary/aromatic N) is 2. The lowest BCUT2D eigenvalue weighted by Crippen LogP contribution is -2.44. The molecule has 1 fully saturated rings. The zero-order valence-corrected chi connectivity index (χ0v) is 18.0. The minimum absolute atomic E-state index is 0.0443. The molecule has 0 saturated carbocycles. The van der Waals surface area contributed by atoms with Crippen LogP contribution in [0, 0.1) is 0 Å². The van der Waals surface area contributed by atoms with E-state index in [0.29, 0.717) is 24.9 Å². The number of methoxy groups -OCH3 is 2. The molecule has 10 heteroatoms. The first-order valence-electron chi connectivity index (χ1n) is 9.94. The van der Waals surface area contributed by atoms with Crippen LogP contribution in [0.2, 0.25) is 0 Å². The van der Waals surface area contributed by atoms with Gasteiger partial charge in [-0.25, -0.2) is 8.42 Å². The minimum Gasteiger partial charge on any atom is -0.383 e. The fourth-order valence-corrected chi connectivity index (χ4v) is 6.04. The number of carbonyl (C=O) groups excluding carboxylic acids is 2.